The van der Waals surface area contributed by atoms with E-state index in [1.807, 2.05) is 31.3 Å². The molecule has 11 heteroatoms. The average Bonchev–Trinajstić information content (AvgIpc) is 3.46. The van der Waals surface area contributed by atoms with Crippen molar-refractivity contribution >= 4 is 28.8 Å². The van der Waals surface area contributed by atoms with Gasteiger partial charge in [0.25, 0.3) is 11.5 Å². The van der Waals surface area contributed by atoms with Gasteiger partial charge in [-0.1, -0.05) is 6.92 Å². The fourth-order valence-electron chi connectivity index (χ4n) is 7.87. The molecular weight excluding hydrogens is 609 g/mol. The molecule has 4 aliphatic rings. The van der Waals surface area contributed by atoms with E-state index in [9.17, 15) is 9.59 Å². The van der Waals surface area contributed by atoms with E-state index in [1.54, 1.807) is 24.2 Å². The Hall–Kier alpha value is -4.48. The first kappa shape index (κ1) is 30.8. The lowest BCUT2D eigenvalue weighted by Gasteiger charge is -2.43. The monoisotopic (exact) mass is 651 g/mol. The molecule has 0 spiro atoms. The number of nitrogens with zero attached hydrogens (tertiary/aromatic N) is 6. The quantitative estimate of drug-likeness (QED) is 0.309. The molecule has 1 N–H and O–H groups in total. The molecule has 0 atom stereocenters. The number of aromatic nitrogens is 3. The Morgan fingerprint density at radius 1 is 0.979 bits per heavy atom. The second-order valence-electron chi connectivity index (χ2n) is 13.4. The van der Waals surface area contributed by atoms with Crippen molar-refractivity contribution in [3.8, 4) is 11.1 Å². The van der Waals surface area contributed by atoms with Gasteiger partial charge in [-0.15, -0.1) is 0 Å². The molecule has 0 unspecified atom stereocenters. The molecule has 1 aliphatic carbocycles. The number of anilines is 4. The Balaban J connectivity index is 1.06. The lowest BCUT2D eigenvalue weighted by atomic mass is 9.95. The number of hydrogen-bond acceptors (Lipinski definition) is 7. The van der Waals surface area contributed by atoms with Gasteiger partial charge >= 0.3 is 0 Å². The molecule has 2 fully saturated rings. The second-order valence-corrected chi connectivity index (χ2v) is 13.4. The summed E-state index contributed by atoms with van der Waals surface area (Å²) in [4.78, 5) is 38.4. The van der Waals surface area contributed by atoms with Crippen molar-refractivity contribution in [1.29, 1.82) is 0 Å². The van der Waals surface area contributed by atoms with Crippen LogP contribution in [0, 0.1) is 5.82 Å². The number of carbonyl (C=O) groups excluding carboxylic acids is 1. The van der Waals surface area contributed by atoms with Crippen molar-refractivity contribution in [2.24, 2.45) is 7.05 Å². The van der Waals surface area contributed by atoms with Crippen LogP contribution in [0.25, 0.3) is 11.1 Å². The highest BCUT2D eigenvalue weighted by Gasteiger charge is 2.32. The summed E-state index contributed by atoms with van der Waals surface area (Å²) >= 11 is 0. The first-order chi connectivity index (χ1) is 23.4. The van der Waals surface area contributed by atoms with Crippen molar-refractivity contribution in [3.63, 3.8) is 0 Å². The minimum Gasteiger partial charge on any atom is -0.378 e. The molecule has 0 bridgehead atoms. The summed E-state index contributed by atoms with van der Waals surface area (Å²) in [6.07, 6.45) is 8.46. The van der Waals surface area contributed by atoms with Crippen LogP contribution < -0.4 is 20.7 Å². The number of nitrogens with one attached hydrogen (secondary N) is 1. The number of benzene rings is 1. The van der Waals surface area contributed by atoms with Crippen LogP contribution in [-0.4, -0.2) is 76.9 Å². The molecule has 3 aliphatic heterocycles. The van der Waals surface area contributed by atoms with Crippen LogP contribution in [0.2, 0.25) is 0 Å². The maximum Gasteiger partial charge on any atom is 0.274 e. The van der Waals surface area contributed by atoms with Gasteiger partial charge in [-0.05, 0) is 85.2 Å². The van der Waals surface area contributed by atoms with Gasteiger partial charge in [0.1, 0.15) is 23.0 Å². The number of fused-ring (bicyclic) bond motifs is 3. The molecule has 10 nitrogen and oxygen atoms in total. The highest BCUT2D eigenvalue weighted by molar-refractivity contribution is 6.07. The van der Waals surface area contributed by atoms with Crippen LogP contribution in [-0.2, 0) is 37.6 Å². The van der Waals surface area contributed by atoms with Crippen LogP contribution in [0.1, 0.15) is 47.1 Å². The van der Waals surface area contributed by atoms with Crippen molar-refractivity contribution < 1.29 is 13.9 Å². The van der Waals surface area contributed by atoms with Crippen LogP contribution >= 0.6 is 0 Å². The summed E-state index contributed by atoms with van der Waals surface area (Å²) < 4.78 is 24.5. The molecule has 48 heavy (non-hydrogen) atoms. The summed E-state index contributed by atoms with van der Waals surface area (Å²) in [5, 5.41) is 3.22. The van der Waals surface area contributed by atoms with E-state index in [0.29, 0.717) is 59.6 Å². The second kappa shape index (κ2) is 12.5. The first-order valence-corrected chi connectivity index (χ1v) is 17.2. The Morgan fingerprint density at radius 3 is 2.52 bits per heavy atom. The van der Waals surface area contributed by atoms with E-state index in [0.717, 1.165) is 76.3 Å². The van der Waals surface area contributed by atoms with Gasteiger partial charge in [0.15, 0.2) is 0 Å². The van der Waals surface area contributed by atoms with E-state index in [4.69, 9.17) is 4.74 Å². The number of pyridine rings is 2. The van der Waals surface area contributed by atoms with Crippen LogP contribution in [0.5, 0.6) is 0 Å². The zero-order valence-electron chi connectivity index (χ0n) is 27.7. The molecule has 0 saturated carbocycles. The largest absolute Gasteiger partial charge is 0.378 e. The van der Waals surface area contributed by atoms with Gasteiger partial charge in [-0.2, -0.15) is 0 Å². The van der Waals surface area contributed by atoms with Crippen LogP contribution in [0.15, 0.2) is 53.6 Å². The molecule has 0 radical (unpaired) electrons. The Bertz CT molecular complexity index is 1920. The Morgan fingerprint density at radius 2 is 1.79 bits per heavy atom. The summed E-state index contributed by atoms with van der Waals surface area (Å²) in [6.45, 7) is 8.72. The number of ether oxygens (including phenoxy) is 1. The summed E-state index contributed by atoms with van der Waals surface area (Å²) in [7, 11) is 1.69. The number of hydrogen-bond donors (Lipinski definition) is 1. The number of carbonyl (C=O) groups is 1. The van der Waals surface area contributed by atoms with Crippen LogP contribution in [0.4, 0.5) is 27.3 Å². The van der Waals surface area contributed by atoms with Gasteiger partial charge < -0.3 is 29.0 Å². The predicted octanol–water partition coefficient (Wildman–Crippen LogP) is 4.75. The molecule has 2 saturated heterocycles. The highest BCUT2D eigenvalue weighted by atomic mass is 19.1. The third-order valence-corrected chi connectivity index (χ3v) is 10.6. The summed E-state index contributed by atoms with van der Waals surface area (Å²) in [5.74, 6) is 0.0420. The smallest absolute Gasteiger partial charge is 0.274 e. The third kappa shape index (κ3) is 5.48. The number of aryl methyl sites for hydroxylation is 2. The van der Waals surface area contributed by atoms with Crippen molar-refractivity contribution in [1.82, 2.24) is 19.0 Å². The number of amides is 1. The molecular formula is C37H42FN7O3. The van der Waals surface area contributed by atoms with Gasteiger partial charge in [-0.25, -0.2) is 9.37 Å². The first-order valence-electron chi connectivity index (χ1n) is 17.2. The van der Waals surface area contributed by atoms with E-state index in [1.165, 1.54) is 28.0 Å². The molecule has 1 aromatic carbocycles. The molecule has 8 rings (SSSR count). The lowest BCUT2D eigenvalue weighted by molar-refractivity contribution is -0.0660. The summed E-state index contributed by atoms with van der Waals surface area (Å²) in [5.41, 5.74) is 7.23. The molecule has 6 heterocycles. The third-order valence-electron chi connectivity index (χ3n) is 10.6. The van der Waals surface area contributed by atoms with Crippen molar-refractivity contribution in [3.05, 3.63) is 87.5 Å². The maximum atomic E-state index is 15.4. The minimum absolute atomic E-state index is 0.0888. The van der Waals surface area contributed by atoms with Crippen LogP contribution in [0.3, 0.4) is 0 Å². The molecule has 4 aromatic rings. The van der Waals surface area contributed by atoms with E-state index in [-0.39, 0.29) is 11.5 Å². The van der Waals surface area contributed by atoms with Gasteiger partial charge in [0, 0.05) is 63.8 Å². The topological polar surface area (TPSA) is 87.9 Å². The lowest BCUT2D eigenvalue weighted by Crippen LogP contribution is -2.56. The van der Waals surface area contributed by atoms with Gasteiger partial charge in [0.2, 0.25) is 0 Å². The maximum absolute atomic E-state index is 15.4. The molecule has 1 amide bonds. The van der Waals surface area contributed by atoms with Crippen molar-refractivity contribution in [2.45, 2.75) is 51.6 Å². The SMILES string of the molecule is CCc1c(-c2cc(Nc3ccc(N4CCN(C5COC5)CC4)cn3)c(=O)n(C)c2)cc(F)cc1N1CCn2c(cc3c2CCCC3)C1=O. The predicted molar refractivity (Wildman–Crippen MR) is 185 cm³/mol. The standard InChI is InChI=1S/C37H42FN7O3/c1-3-29-30(18-26(38)19-33(29)45-15-14-44-32-7-5-4-6-24(32)17-34(44)37(45)47)25-16-31(36(46)41(2)21-25)40-35-9-8-27(20-39-35)42-10-12-43(13-11-42)28-22-48-23-28/h8-9,16-21,28H,3-7,10-15,22-23H2,1-2H3,(H,39,40). The highest BCUT2D eigenvalue weighted by Crippen LogP contribution is 2.37. The van der Waals surface area contributed by atoms with E-state index in [2.05, 4.69) is 24.7 Å². The summed E-state index contributed by atoms with van der Waals surface area (Å²) in [6, 6.07) is 11.3. The average molecular weight is 652 g/mol. The zero-order chi connectivity index (χ0) is 32.9. The Labute approximate surface area is 279 Å². The normalized spacial score (nSPS) is 18.4. The molecule has 250 valence electrons. The number of rotatable bonds is 7. The van der Waals surface area contributed by atoms with Gasteiger partial charge in [-0.3, -0.25) is 14.5 Å². The number of halogens is 1. The number of piperazine rings is 1. The zero-order valence-corrected chi connectivity index (χ0v) is 27.7. The minimum atomic E-state index is -0.423. The van der Waals surface area contributed by atoms with Crippen molar-refractivity contribution in [2.75, 3.05) is 61.1 Å². The molecule has 3 aromatic heterocycles. The fourth-order valence-corrected chi connectivity index (χ4v) is 7.87. The van der Waals surface area contributed by atoms with E-state index < -0.39 is 5.82 Å². The Kier molecular flexibility index (Phi) is 8.04. The van der Waals surface area contributed by atoms with E-state index >= 15 is 4.39 Å². The van der Waals surface area contributed by atoms with Gasteiger partial charge in [0.05, 0.1) is 36.8 Å². The fraction of sp³-hybridized carbons (Fsp3) is 0.432.